The van der Waals surface area contributed by atoms with Crippen LogP contribution >= 0.6 is 0 Å². The average Bonchev–Trinajstić information content (AvgIpc) is 2.47. The summed E-state index contributed by atoms with van der Waals surface area (Å²) in [5, 5.41) is 18.9. The van der Waals surface area contributed by atoms with Crippen LogP contribution in [0.25, 0.3) is 0 Å². The maximum atomic E-state index is 9.43. The highest BCUT2D eigenvalue weighted by Gasteiger charge is 2.20. The first-order chi connectivity index (χ1) is 9.74. The van der Waals surface area contributed by atoms with Gasteiger partial charge < -0.3 is 10.0 Å². The van der Waals surface area contributed by atoms with Gasteiger partial charge in [0.25, 0.3) is 0 Å². The molecule has 2 aromatic rings. The molecule has 0 saturated heterocycles. The van der Waals surface area contributed by atoms with Gasteiger partial charge in [0, 0.05) is 19.6 Å². The molecule has 0 aromatic heterocycles. The van der Waals surface area contributed by atoms with Crippen LogP contribution in [0, 0.1) is 0 Å². The van der Waals surface area contributed by atoms with E-state index in [-0.39, 0.29) is 0 Å². The molecule has 0 atom stereocenters. The van der Waals surface area contributed by atoms with Crippen LogP contribution < -0.4 is 5.46 Å². The van der Waals surface area contributed by atoms with Gasteiger partial charge in [0.05, 0.1) is 0 Å². The summed E-state index contributed by atoms with van der Waals surface area (Å²) in [7, 11) is -1.40. The fourth-order valence-corrected chi connectivity index (χ4v) is 2.86. The molecule has 102 valence electrons. The SMILES string of the molecule is OB(O)c1ccccc1CN1CCc2ccccc2C1. The van der Waals surface area contributed by atoms with Crippen LogP contribution in [-0.2, 0) is 19.5 Å². The molecule has 4 heteroatoms. The standard InChI is InChI=1S/C16H18BNO2/c19-17(20)16-8-4-3-7-15(16)12-18-10-9-13-5-1-2-6-14(13)11-18/h1-8,19-20H,9-12H2. The largest absolute Gasteiger partial charge is 0.488 e. The van der Waals surface area contributed by atoms with E-state index in [0.717, 1.165) is 31.6 Å². The molecule has 0 fully saturated rings. The van der Waals surface area contributed by atoms with Crippen molar-refractivity contribution >= 4 is 12.6 Å². The van der Waals surface area contributed by atoms with Gasteiger partial charge in [0.15, 0.2) is 0 Å². The number of hydrogen-bond acceptors (Lipinski definition) is 3. The van der Waals surface area contributed by atoms with Gasteiger partial charge in [0.2, 0.25) is 0 Å². The summed E-state index contributed by atoms with van der Waals surface area (Å²) in [5.41, 5.74) is 4.40. The normalized spacial score (nSPS) is 14.9. The third-order valence-electron chi connectivity index (χ3n) is 3.94. The zero-order valence-corrected chi connectivity index (χ0v) is 11.4. The summed E-state index contributed by atoms with van der Waals surface area (Å²) in [5.74, 6) is 0. The number of fused-ring (bicyclic) bond motifs is 1. The lowest BCUT2D eigenvalue weighted by atomic mass is 9.77. The van der Waals surface area contributed by atoms with Crippen molar-refractivity contribution < 1.29 is 10.0 Å². The van der Waals surface area contributed by atoms with E-state index in [1.807, 2.05) is 18.2 Å². The van der Waals surface area contributed by atoms with E-state index in [1.165, 1.54) is 11.1 Å². The van der Waals surface area contributed by atoms with Crippen molar-refractivity contribution in [3.63, 3.8) is 0 Å². The number of hydrogen-bond donors (Lipinski definition) is 2. The van der Waals surface area contributed by atoms with E-state index < -0.39 is 7.12 Å². The second-order valence-electron chi connectivity index (χ2n) is 5.30. The Kier molecular flexibility index (Phi) is 3.87. The van der Waals surface area contributed by atoms with Crippen molar-refractivity contribution in [2.75, 3.05) is 6.54 Å². The lowest BCUT2D eigenvalue weighted by Gasteiger charge is -2.29. The second-order valence-corrected chi connectivity index (χ2v) is 5.30. The smallest absolute Gasteiger partial charge is 0.423 e. The van der Waals surface area contributed by atoms with Crippen molar-refractivity contribution in [2.24, 2.45) is 0 Å². The molecule has 1 heterocycles. The second kappa shape index (κ2) is 5.79. The Morgan fingerprint density at radius 2 is 1.65 bits per heavy atom. The van der Waals surface area contributed by atoms with Crippen LogP contribution in [0.2, 0.25) is 0 Å². The van der Waals surface area contributed by atoms with E-state index in [4.69, 9.17) is 0 Å². The van der Waals surface area contributed by atoms with Crippen LogP contribution in [0.3, 0.4) is 0 Å². The molecule has 2 N–H and O–H groups in total. The maximum absolute atomic E-state index is 9.43. The van der Waals surface area contributed by atoms with Gasteiger partial charge in [-0.2, -0.15) is 0 Å². The van der Waals surface area contributed by atoms with E-state index in [2.05, 4.69) is 29.2 Å². The Hall–Kier alpha value is -1.62. The predicted molar refractivity (Wildman–Crippen MR) is 80.5 cm³/mol. The van der Waals surface area contributed by atoms with Crippen molar-refractivity contribution in [1.29, 1.82) is 0 Å². The van der Waals surface area contributed by atoms with Gasteiger partial charge in [-0.1, -0.05) is 48.5 Å². The molecule has 0 bridgehead atoms. The third kappa shape index (κ3) is 2.77. The van der Waals surface area contributed by atoms with E-state index >= 15 is 0 Å². The number of rotatable bonds is 3. The van der Waals surface area contributed by atoms with Crippen molar-refractivity contribution in [2.45, 2.75) is 19.5 Å². The highest BCUT2D eigenvalue weighted by atomic mass is 16.4. The Balaban J connectivity index is 1.77. The van der Waals surface area contributed by atoms with Gasteiger partial charge in [-0.15, -0.1) is 0 Å². The Labute approximate surface area is 119 Å². The zero-order valence-electron chi connectivity index (χ0n) is 11.4. The Morgan fingerprint density at radius 1 is 0.950 bits per heavy atom. The summed E-state index contributed by atoms with van der Waals surface area (Å²) < 4.78 is 0. The minimum atomic E-state index is -1.40. The highest BCUT2D eigenvalue weighted by molar-refractivity contribution is 6.59. The van der Waals surface area contributed by atoms with Crippen LogP contribution in [0.4, 0.5) is 0 Å². The zero-order chi connectivity index (χ0) is 13.9. The van der Waals surface area contributed by atoms with Crippen LogP contribution in [0.15, 0.2) is 48.5 Å². The summed E-state index contributed by atoms with van der Waals surface area (Å²) >= 11 is 0. The molecule has 0 unspecified atom stereocenters. The molecule has 1 aliphatic heterocycles. The van der Waals surface area contributed by atoms with Crippen LogP contribution in [0.1, 0.15) is 16.7 Å². The molecule has 20 heavy (non-hydrogen) atoms. The molecule has 0 saturated carbocycles. The average molecular weight is 267 g/mol. The summed E-state index contributed by atoms with van der Waals surface area (Å²) in [4.78, 5) is 2.35. The molecule has 3 rings (SSSR count). The summed E-state index contributed by atoms with van der Waals surface area (Å²) in [6, 6.07) is 16.1. The predicted octanol–water partition coefficient (Wildman–Crippen LogP) is 0.925. The van der Waals surface area contributed by atoms with Gasteiger partial charge >= 0.3 is 7.12 Å². The molecule has 0 spiro atoms. The molecular formula is C16H18BNO2. The number of benzene rings is 2. The van der Waals surface area contributed by atoms with Gasteiger partial charge in [0.1, 0.15) is 0 Å². The van der Waals surface area contributed by atoms with Gasteiger partial charge in [-0.25, -0.2) is 0 Å². The maximum Gasteiger partial charge on any atom is 0.488 e. The lowest BCUT2D eigenvalue weighted by molar-refractivity contribution is 0.246. The monoisotopic (exact) mass is 267 g/mol. The summed E-state index contributed by atoms with van der Waals surface area (Å²) in [6.45, 7) is 2.68. The van der Waals surface area contributed by atoms with Crippen molar-refractivity contribution in [3.05, 3.63) is 65.2 Å². The molecule has 2 aromatic carbocycles. The number of nitrogens with zero attached hydrogens (tertiary/aromatic N) is 1. The first-order valence-corrected chi connectivity index (χ1v) is 6.97. The molecule has 3 nitrogen and oxygen atoms in total. The molecule has 0 radical (unpaired) electrons. The van der Waals surface area contributed by atoms with E-state index in [9.17, 15) is 10.0 Å². The quantitative estimate of drug-likeness (QED) is 0.813. The Bertz CT molecular complexity index is 601. The molecular weight excluding hydrogens is 249 g/mol. The van der Waals surface area contributed by atoms with E-state index in [0.29, 0.717) is 5.46 Å². The fraction of sp³-hybridized carbons (Fsp3) is 0.250. The first-order valence-electron chi connectivity index (χ1n) is 6.97. The first kappa shape index (κ1) is 13.4. The summed E-state index contributed by atoms with van der Waals surface area (Å²) in [6.07, 6.45) is 1.06. The third-order valence-corrected chi connectivity index (χ3v) is 3.94. The molecule has 0 aliphatic carbocycles. The van der Waals surface area contributed by atoms with Crippen LogP contribution in [0.5, 0.6) is 0 Å². The van der Waals surface area contributed by atoms with Crippen molar-refractivity contribution in [3.8, 4) is 0 Å². The van der Waals surface area contributed by atoms with Crippen molar-refractivity contribution in [1.82, 2.24) is 4.90 Å². The molecule has 1 aliphatic rings. The minimum Gasteiger partial charge on any atom is -0.423 e. The topological polar surface area (TPSA) is 43.7 Å². The molecule has 0 amide bonds. The minimum absolute atomic E-state index is 0.603. The Morgan fingerprint density at radius 3 is 2.45 bits per heavy atom. The highest BCUT2D eigenvalue weighted by Crippen LogP contribution is 2.19. The lowest BCUT2D eigenvalue weighted by Crippen LogP contribution is -2.37. The van der Waals surface area contributed by atoms with E-state index in [1.54, 1.807) is 6.07 Å². The van der Waals surface area contributed by atoms with Gasteiger partial charge in [-0.3, -0.25) is 4.90 Å². The van der Waals surface area contributed by atoms with Gasteiger partial charge in [-0.05, 0) is 28.6 Å². The van der Waals surface area contributed by atoms with Crippen LogP contribution in [-0.4, -0.2) is 28.6 Å². The fourth-order valence-electron chi connectivity index (χ4n) is 2.86.